The Balaban J connectivity index is 2.11. The first-order chi connectivity index (χ1) is 10.6. The predicted molar refractivity (Wildman–Crippen MR) is 84.6 cm³/mol. The lowest BCUT2D eigenvalue weighted by Crippen LogP contribution is -2.27. The lowest BCUT2D eigenvalue weighted by molar-refractivity contribution is -0.121. The zero-order valence-electron chi connectivity index (χ0n) is 12.2. The number of benzene rings is 2. The van der Waals surface area contributed by atoms with E-state index >= 15 is 0 Å². The summed E-state index contributed by atoms with van der Waals surface area (Å²) in [4.78, 5) is 24.5. The Hall–Kier alpha value is -2.68. The van der Waals surface area contributed by atoms with Gasteiger partial charge in [0.05, 0.1) is 5.92 Å². The molecule has 2 aromatic carbocycles. The van der Waals surface area contributed by atoms with Gasteiger partial charge in [-0.1, -0.05) is 54.6 Å². The number of carbonyl (C=O) groups is 2. The van der Waals surface area contributed by atoms with Crippen LogP contribution in [-0.2, 0) is 16.0 Å². The van der Waals surface area contributed by atoms with Crippen LogP contribution in [0.4, 0.5) is 0 Å². The van der Waals surface area contributed by atoms with E-state index in [1.165, 1.54) is 6.92 Å². The molecule has 3 nitrogen and oxygen atoms in total. The molecule has 1 aliphatic carbocycles. The predicted octanol–water partition coefficient (Wildman–Crippen LogP) is 3.45. The standard InChI is InChI=1S/C19H16O3/c1-12(20)17-18(21)15-10-6-5-9-14(15)16(19(17)22)11-13-7-3-2-4-8-13/h2-10,16,21H,11H2,1H3/t16-/m1/s1. The van der Waals surface area contributed by atoms with Gasteiger partial charge in [-0.15, -0.1) is 0 Å². The van der Waals surface area contributed by atoms with E-state index in [0.717, 1.165) is 11.1 Å². The zero-order chi connectivity index (χ0) is 15.7. The first-order valence-corrected chi connectivity index (χ1v) is 7.21. The number of rotatable bonds is 3. The number of aliphatic hydroxyl groups is 1. The van der Waals surface area contributed by atoms with Crippen molar-refractivity contribution in [2.24, 2.45) is 0 Å². The Morgan fingerprint density at radius 1 is 1.05 bits per heavy atom. The van der Waals surface area contributed by atoms with E-state index in [0.29, 0.717) is 12.0 Å². The SMILES string of the molecule is CC(=O)C1=C(O)c2ccccc2[C@@H](Cc2ccccc2)C1=O. The third-order valence-corrected chi connectivity index (χ3v) is 4.03. The number of carbonyl (C=O) groups excluding carboxylic acids is 2. The molecular weight excluding hydrogens is 276 g/mol. The van der Waals surface area contributed by atoms with Crippen molar-refractivity contribution in [3.05, 3.63) is 76.9 Å². The Morgan fingerprint density at radius 2 is 1.68 bits per heavy atom. The van der Waals surface area contributed by atoms with E-state index in [4.69, 9.17) is 0 Å². The molecule has 0 saturated heterocycles. The molecule has 0 aliphatic heterocycles. The van der Waals surface area contributed by atoms with E-state index in [9.17, 15) is 14.7 Å². The molecular formula is C19H16O3. The topological polar surface area (TPSA) is 54.4 Å². The average molecular weight is 292 g/mol. The molecule has 2 aromatic rings. The van der Waals surface area contributed by atoms with E-state index in [1.807, 2.05) is 42.5 Å². The highest BCUT2D eigenvalue weighted by Crippen LogP contribution is 2.37. The number of ketones is 2. The van der Waals surface area contributed by atoms with Gasteiger partial charge >= 0.3 is 0 Å². The summed E-state index contributed by atoms with van der Waals surface area (Å²) in [7, 11) is 0. The summed E-state index contributed by atoms with van der Waals surface area (Å²) in [6.45, 7) is 1.32. The van der Waals surface area contributed by atoms with Crippen molar-refractivity contribution in [1.82, 2.24) is 0 Å². The monoisotopic (exact) mass is 292 g/mol. The third kappa shape index (κ3) is 2.35. The first kappa shape index (κ1) is 14.3. The van der Waals surface area contributed by atoms with Crippen LogP contribution in [0.5, 0.6) is 0 Å². The largest absolute Gasteiger partial charge is 0.506 e. The Labute approximate surface area is 128 Å². The van der Waals surface area contributed by atoms with Gasteiger partial charge in [0.2, 0.25) is 0 Å². The highest BCUT2D eigenvalue weighted by atomic mass is 16.3. The third-order valence-electron chi connectivity index (χ3n) is 4.03. The lowest BCUT2D eigenvalue weighted by Gasteiger charge is -2.25. The maximum absolute atomic E-state index is 12.7. The zero-order valence-corrected chi connectivity index (χ0v) is 12.2. The van der Waals surface area contributed by atoms with E-state index in [2.05, 4.69) is 0 Å². The van der Waals surface area contributed by atoms with Crippen molar-refractivity contribution >= 4 is 17.3 Å². The van der Waals surface area contributed by atoms with Crippen LogP contribution in [0.1, 0.15) is 29.5 Å². The van der Waals surface area contributed by atoms with Crippen LogP contribution < -0.4 is 0 Å². The van der Waals surface area contributed by atoms with Gasteiger partial charge in [-0.25, -0.2) is 0 Å². The molecule has 1 aliphatic rings. The van der Waals surface area contributed by atoms with Gasteiger partial charge in [0.25, 0.3) is 0 Å². The normalized spacial score (nSPS) is 17.3. The number of aliphatic hydroxyl groups excluding tert-OH is 1. The molecule has 3 heteroatoms. The van der Waals surface area contributed by atoms with Crippen molar-refractivity contribution in [3.63, 3.8) is 0 Å². The average Bonchev–Trinajstić information content (AvgIpc) is 2.52. The number of fused-ring (bicyclic) bond motifs is 1. The fraction of sp³-hybridized carbons (Fsp3) is 0.158. The van der Waals surface area contributed by atoms with Crippen LogP contribution >= 0.6 is 0 Å². The molecule has 0 amide bonds. The van der Waals surface area contributed by atoms with Crippen molar-refractivity contribution in [2.75, 3.05) is 0 Å². The van der Waals surface area contributed by atoms with Gasteiger partial charge in [-0.2, -0.15) is 0 Å². The smallest absolute Gasteiger partial charge is 0.177 e. The van der Waals surface area contributed by atoms with Gasteiger partial charge < -0.3 is 5.11 Å². The summed E-state index contributed by atoms with van der Waals surface area (Å²) < 4.78 is 0. The molecule has 0 aromatic heterocycles. The van der Waals surface area contributed by atoms with Crippen molar-refractivity contribution < 1.29 is 14.7 Å². The molecule has 0 spiro atoms. The second kappa shape index (κ2) is 5.60. The van der Waals surface area contributed by atoms with Gasteiger partial charge in [-0.05, 0) is 24.5 Å². The fourth-order valence-corrected chi connectivity index (χ4v) is 2.98. The van der Waals surface area contributed by atoms with Crippen molar-refractivity contribution in [1.29, 1.82) is 0 Å². The molecule has 3 rings (SSSR count). The fourth-order valence-electron chi connectivity index (χ4n) is 2.98. The minimum atomic E-state index is -0.437. The van der Waals surface area contributed by atoms with Gasteiger partial charge in [0.15, 0.2) is 11.6 Å². The highest BCUT2D eigenvalue weighted by Gasteiger charge is 2.36. The maximum atomic E-state index is 12.7. The van der Waals surface area contributed by atoms with E-state index < -0.39 is 11.7 Å². The summed E-state index contributed by atoms with van der Waals surface area (Å²) in [5.41, 5.74) is 2.30. The van der Waals surface area contributed by atoms with Crippen molar-refractivity contribution in [3.8, 4) is 0 Å². The Kier molecular flexibility index (Phi) is 3.63. The second-order valence-electron chi connectivity index (χ2n) is 5.47. The summed E-state index contributed by atoms with van der Waals surface area (Å²) in [5.74, 6) is -1.33. The summed E-state index contributed by atoms with van der Waals surface area (Å²) in [6, 6.07) is 16.9. The van der Waals surface area contributed by atoms with Gasteiger partial charge in [-0.3, -0.25) is 9.59 Å². The summed E-state index contributed by atoms with van der Waals surface area (Å²) >= 11 is 0. The lowest BCUT2D eigenvalue weighted by atomic mass is 9.77. The number of Topliss-reactive ketones (excluding diaryl/α,β-unsaturated/α-hetero) is 2. The number of hydrogen-bond acceptors (Lipinski definition) is 3. The van der Waals surface area contributed by atoms with E-state index in [1.54, 1.807) is 12.1 Å². The molecule has 0 bridgehead atoms. The van der Waals surface area contributed by atoms with Crippen LogP contribution in [0, 0.1) is 0 Å². The van der Waals surface area contributed by atoms with Crippen LogP contribution in [0.3, 0.4) is 0 Å². The molecule has 0 radical (unpaired) electrons. The number of allylic oxidation sites excluding steroid dienone is 1. The number of hydrogen-bond donors (Lipinski definition) is 1. The molecule has 0 unspecified atom stereocenters. The molecule has 1 N–H and O–H groups in total. The Morgan fingerprint density at radius 3 is 2.36 bits per heavy atom. The summed E-state index contributed by atoms with van der Waals surface area (Å²) in [6.07, 6.45) is 0.515. The Bertz CT molecular complexity index is 772. The van der Waals surface area contributed by atoms with Gasteiger partial charge in [0, 0.05) is 5.56 Å². The maximum Gasteiger partial charge on any atom is 0.177 e. The van der Waals surface area contributed by atoms with Crippen LogP contribution in [0.25, 0.3) is 5.76 Å². The van der Waals surface area contributed by atoms with Crippen LogP contribution in [-0.4, -0.2) is 16.7 Å². The minimum Gasteiger partial charge on any atom is -0.506 e. The molecule has 0 fully saturated rings. The molecule has 22 heavy (non-hydrogen) atoms. The van der Waals surface area contributed by atoms with Crippen LogP contribution in [0.15, 0.2) is 60.2 Å². The van der Waals surface area contributed by atoms with E-state index in [-0.39, 0.29) is 17.1 Å². The van der Waals surface area contributed by atoms with Gasteiger partial charge in [0.1, 0.15) is 11.3 Å². The van der Waals surface area contributed by atoms with Crippen molar-refractivity contribution in [2.45, 2.75) is 19.3 Å². The quantitative estimate of drug-likeness (QED) is 0.881. The van der Waals surface area contributed by atoms with Crippen LogP contribution in [0.2, 0.25) is 0 Å². The summed E-state index contributed by atoms with van der Waals surface area (Å²) in [5, 5.41) is 10.3. The molecule has 1 atom stereocenters. The molecule has 110 valence electrons. The first-order valence-electron chi connectivity index (χ1n) is 7.21. The second-order valence-corrected chi connectivity index (χ2v) is 5.47. The molecule has 0 heterocycles. The minimum absolute atomic E-state index is 0.0837. The highest BCUT2D eigenvalue weighted by molar-refractivity contribution is 6.27. The molecule has 0 saturated carbocycles.